The normalized spacial score (nSPS) is 11.1. The molecule has 230 valence electrons. The van der Waals surface area contributed by atoms with Crippen molar-refractivity contribution in [2.45, 2.75) is 13.8 Å². The van der Waals surface area contributed by atoms with Gasteiger partial charge in [0.15, 0.2) is 0 Å². The smallest absolute Gasteiger partial charge is 0.0540 e. The van der Waals surface area contributed by atoms with E-state index in [0.29, 0.717) is 0 Å². The molecule has 0 amide bonds. The van der Waals surface area contributed by atoms with Gasteiger partial charge in [0.1, 0.15) is 0 Å². The van der Waals surface area contributed by atoms with Gasteiger partial charge >= 0.3 is 0 Å². The van der Waals surface area contributed by atoms with Crippen LogP contribution in [0.15, 0.2) is 182 Å². The molecule has 0 bridgehead atoms. The first-order valence-corrected chi connectivity index (χ1v) is 16.5. The van der Waals surface area contributed by atoms with Crippen molar-refractivity contribution in [3.05, 3.63) is 193 Å². The van der Waals surface area contributed by atoms with Gasteiger partial charge in [0.2, 0.25) is 0 Å². The molecule has 2 nitrogen and oxygen atoms in total. The Balaban J connectivity index is 1.17. The molecule has 48 heavy (non-hydrogen) atoms. The Morgan fingerprint density at radius 2 is 0.688 bits per heavy atom. The predicted octanol–water partition coefficient (Wildman–Crippen LogP) is 13.2. The van der Waals surface area contributed by atoms with Crippen LogP contribution in [0.25, 0.3) is 32.7 Å². The highest BCUT2D eigenvalue weighted by Crippen LogP contribution is 2.42. The lowest BCUT2D eigenvalue weighted by molar-refractivity contribution is 1.28. The fourth-order valence-corrected chi connectivity index (χ4v) is 6.80. The van der Waals surface area contributed by atoms with Crippen molar-refractivity contribution in [2.75, 3.05) is 9.80 Å². The van der Waals surface area contributed by atoms with Crippen LogP contribution in [-0.2, 0) is 0 Å². The summed E-state index contributed by atoms with van der Waals surface area (Å²) in [5, 5.41) is 4.91. The van der Waals surface area contributed by atoms with E-state index in [1.54, 1.807) is 0 Å². The fraction of sp³-hybridized carbons (Fsp3) is 0.0435. The summed E-state index contributed by atoms with van der Waals surface area (Å²) >= 11 is 0. The molecule has 0 spiro atoms. The van der Waals surface area contributed by atoms with Gasteiger partial charge in [0.25, 0.3) is 0 Å². The van der Waals surface area contributed by atoms with Gasteiger partial charge in [0, 0.05) is 33.5 Å². The van der Waals surface area contributed by atoms with Crippen molar-refractivity contribution < 1.29 is 0 Å². The van der Waals surface area contributed by atoms with E-state index in [-0.39, 0.29) is 0 Å². The Morgan fingerprint density at radius 1 is 0.312 bits per heavy atom. The predicted molar refractivity (Wildman–Crippen MR) is 206 cm³/mol. The number of benzene rings is 8. The van der Waals surface area contributed by atoms with Crippen LogP contribution in [0.3, 0.4) is 0 Å². The van der Waals surface area contributed by atoms with E-state index in [1.165, 1.54) is 55.2 Å². The maximum Gasteiger partial charge on any atom is 0.0540 e. The summed E-state index contributed by atoms with van der Waals surface area (Å²) < 4.78 is 0. The topological polar surface area (TPSA) is 6.48 Å². The van der Waals surface area contributed by atoms with Crippen LogP contribution >= 0.6 is 0 Å². The van der Waals surface area contributed by atoms with E-state index in [0.717, 1.165) is 22.7 Å². The van der Waals surface area contributed by atoms with Gasteiger partial charge in [-0.05, 0) is 108 Å². The number of anilines is 6. The molecule has 0 saturated carbocycles. The summed E-state index contributed by atoms with van der Waals surface area (Å²) in [6, 6.07) is 65.7. The second-order valence-electron chi connectivity index (χ2n) is 12.4. The van der Waals surface area contributed by atoms with Crippen molar-refractivity contribution in [1.29, 1.82) is 0 Å². The average molecular weight is 617 g/mol. The second-order valence-corrected chi connectivity index (χ2v) is 12.4. The molecule has 8 aromatic rings. The van der Waals surface area contributed by atoms with Gasteiger partial charge in [0.05, 0.1) is 11.4 Å². The first-order valence-electron chi connectivity index (χ1n) is 16.5. The molecule has 8 rings (SSSR count). The maximum atomic E-state index is 2.37. The van der Waals surface area contributed by atoms with E-state index in [1.807, 2.05) is 0 Å². The van der Waals surface area contributed by atoms with Gasteiger partial charge in [-0.1, -0.05) is 121 Å². The van der Waals surface area contributed by atoms with E-state index in [9.17, 15) is 0 Å². The Kier molecular flexibility index (Phi) is 7.68. The zero-order valence-corrected chi connectivity index (χ0v) is 27.2. The molecule has 0 atom stereocenters. The third kappa shape index (κ3) is 5.59. The van der Waals surface area contributed by atoms with E-state index >= 15 is 0 Å². The van der Waals surface area contributed by atoms with Crippen molar-refractivity contribution >= 4 is 55.7 Å². The lowest BCUT2D eigenvalue weighted by Gasteiger charge is -2.28. The number of rotatable bonds is 7. The molecule has 8 aromatic carbocycles. The van der Waals surface area contributed by atoms with Crippen molar-refractivity contribution in [3.63, 3.8) is 0 Å². The first kappa shape index (κ1) is 29.3. The third-order valence-electron chi connectivity index (χ3n) is 9.12. The molecular formula is C46H36N2. The zero-order valence-electron chi connectivity index (χ0n) is 27.2. The number of aryl methyl sites for hydroxylation is 2. The fourth-order valence-electron chi connectivity index (χ4n) is 6.80. The van der Waals surface area contributed by atoms with Crippen LogP contribution in [-0.4, -0.2) is 0 Å². The Bertz CT molecular complexity index is 2190. The van der Waals surface area contributed by atoms with Crippen molar-refractivity contribution in [1.82, 2.24) is 0 Å². The Labute approximate surface area is 282 Å². The largest absolute Gasteiger partial charge is 0.310 e. The highest BCUT2D eigenvalue weighted by molar-refractivity contribution is 6.00. The van der Waals surface area contributed by atoms with Crippen molar-refractivity contribution in [2.24, 2.45) is 0 Å². The molecule has 0 saturated heterocycles. The standard InChI is InChI=1S/C46H36N2/c1-33-11-7-17-41(31-33)47(45-21-9-15-37-13-3-5-19-43(37)45)39-27-23-35(24-28-39)36-25-29-40(30-26-36)48(42-18-8-12-34(2)32-42)46-22-10-16-38-14-4-6-20-44(38)46/h3-32H,1-2H3. The van der Waals surface area contributed by atoms with E-state index in [4.69, 9.17) is 0 Å². The van der Waals surface area contributed by atoms with Crippen LogP contribution in [0.4, 0.5) is 34.1 Å². The van der Waals surface area contributed by atoms with Gasteiger partial charge < -0.3 is 9.80 Å². The summed E-state index contributed by atoms with van der Waals surface area (Å²) in [4.78, 5) is 4.73. The molecule has 0 aliphatic carbocycles. The van der Waals surface area contributed by atoms with Crippen molar-refractivity contribution in [3.8, 4) is 11.1 Å². The zero-order chi connectivity index (χ0) is 32.5. The van der Waals surface area contributed by atoms with Crippen LogP contribution in [0, 0.1) is 13.8 Å². The molecule has 0 aromatic heterocycles. The SMILES string of the molecule is Cc1cccc(N(c2ccc(-c3ccc(N(c4cccc(C)c4)c4cccc5ccccc45)cc3)cc2)c2cccc3ccccc23)c1. The maximum absolute atomic E-state index is 2.37. The molecule has 0 aliphatic rings. The van der Waals surface area contributed by atoms with E-state index in [2.05, 4.69) is 206 Å². The number of nitrogens with zero attached hydrogens (tertiary/aromatic N) is 2. The molecule has 0 heterocycles. The number of hydrogen-bond acceptors (Lipinski definition) is 2. The molecular weight excluding hydrogens is 581 g/mol. The summed E-state index contributed by atoms with van der Waals surface area (Å²) in [5.41, 5.74) is 11.7. The van der Waals surface area contributed by atoms with E-state index < -0.39 is 0 Å². The monoisotopic (exact) mass is 616 g/mol. The van der Waals surface area contributed by atoms with Crippen LogP contribution < -0.4 is 9.80 Å². The Hall–Kier alpha value is -6.12. The molecule has 0 radical (unpaired) electrons. The van der Waals surface area contributed by atoms with Gasteiger partial charge in [-0.2, -0.15) is 0 Å². The quantitative estimate of drug-likeness (QED) is 0.176. The second kappa shape index (κ2) is 12.6. The molecule has 2 heteroatoms. The molecule has 0 fully saturated rings. The van der Waals surface area contributed by atoms with Gasteiger partial charge in [-0.3, -0.25) is 0 Å². The molecule has 0 unspecified atom stereocenters. The number of hydrogen-bond donors (Lipinski definition) is 0. The van der Waals surface area contributed by atoms with Gasteiger partial charge in [-0.25, -0.2) is 0 Å². The van der Waals surface area contributed by atoms with Crippen LogP contribution in [0.2, 0.25) is 0 Å². The van der Waals surface area contributed by atoms with Gasteiger partial charge in [-0.15, -0.1) is 0 Å². The average Bonchev–Trinajstić information content (AvgIpc) is 3.13. The summed E-state index contributed by atoms with van der Waals surface area (Å²) in [6.07, 6.45) is 0. The molecule has 0 aliphatic heterocycles. The summed E-state index contributed by atoms with van der Waals surface area (Å²) in [6.45, 7) is 4.30. The lowest BCUT2D eigenvalue weighted by atomic mass is 10.0. The summed E-state index contributed by atoms with van der Waals surface area (Å²) in [5.74, 6) is 0. The number of fused-ring (bicyclic) bond motifs is 2. The minimum Gasteiger partial charge on any atom is -0.310 e. The Morgan fingerprint density at radius 3 is 1.10 bits per heavy atom. The lowest BCUT2D eigenvalue weighted by Crippen LogP contribution is -2.11. The minimum atomic E-state index is 1.12. The highest BCUT2D eigenvalue weighted by atomic mass is 15.1. The first-order chi connectivity index (χ1) is 23.6. The molecule has 0 N–H and O–H groups in total. The van der Waals surface area contributed by atoms with Crippen LogP contribution in [0.5, 0.6) is 0 Å². The minimum absolute atomic E-state index is 1.12. The highest BCUT2D eigenvalue weighted by Gasteiger charge is 2.17. The third-order valence-corrected chi connectivity index (χ3v) is 9.12. The van der Waals surface area contributed by atoms with Crippen LogP contribution in [0.1, 0.15) is 11.1 Å². The summed E-state index contributed by atoms with van der Waals surface area (Å²) in [7, 11) is 0.